The molecule has 0 saturated heterocycles. The summed E-state index contributed by atoms with van der Waals surface area (Å²) in [7, 11) is 0. The fourth-order valence-electron chi connectivity index (χ4n) is 1.60. The molecule has 0 aliphatic carbocycles. The fraction of sp³-hybridized carbons (Fsp3) is 0.214. The number of nitrogens with one attached hydrogen (secondary N) is 1. The number of rotatable bonds is 4. The van der Waals surface area contributed by atoms with Crippen molar-refractivity contribution in [2.24, 2.45) is 0 Å². The minimum Gasteiger partial charge on any atom is -0.323 e. The van der Waals surface area contributed by atoms with Crippen LogP contribution in [-0.4, -0.2) is 10.9 Å². The minimum atomic E-state index is -0.0806. The number of amides is 1. The molecule has 1 amide bonds. The summed E-state index contributed by atoms with van der Waals surface area (Å²) >= 11 is 5.87. The summed E-state index contributed by atoms with van der Waals surface area (Å²) in [5, 5.41) is 3.05. The minimum absolute atomic E-state index is 0.0806. The van der Waals surface area contributed by atoms with E-state index < -0.39 is 0 Å². The summed E-state index contributed by atoms with van der Waals surface area (Å²) in [6.07, 6.45) is 5.89. The molecule has 2 heterocycles. The molecule has 0 aliphatic heterocycles. The molecule has 2 aromatic heterocycles. The summed E-state index contributed by atoms with van der Waals surface area (Å²) in [5.41, 5.74) is 1.74. The third-order valence-corrected chi connectivity index (χ3v) is 2.99. The van der Waals surface area contributed by atoms with E-state index in [1.165, 1.54) is 5.56 Å². The van der Waals surface area contributed by atoms with E-state index in [-0.39, 0.29) is 5.91 Å². The van der Waals surface area contributed by atoms with Gasteiger partial charge < -0.3 is 5.32 Å². The van der Waals surface area contributed by atoms with Crippen molar-refractivity contribution in [3.63, 3.8) is 0 Å². The van der Waals surface area contributed by atoms with Crippen molar-refractivity contribution in [2.75, 3.05) is 5.32 Å². The Morgan fingerprint density at radius 3 is 2.79 bits per heavy atom. The highest BCUT2D eigenvalue weighted by atomic mass is 35.5. The van der Waals surface area contributed by atoms with Gasteiger partial charge in [0.25, 0.3) is 0 Å². The Bertz CT molecular complexity index is 569. The number of aryl methyl sites for hydroxylation is 2. The third kappa shape index (κ3) is 4.03. The Balaban J connectivity index is 1.88. The maximum atomic E-state index is 11.8. The zero-order valence-electron chi connectivity index (χ0n) is 10.6. The van der Waals surface area contributed by atoms with Crippen LogP contribution in [-0.2, 0) is 11.3 Å². The molecule has 19 heavy (non-hydrogen) atoms. The van der Waals surface area contributed by atoms with Crippen LogP contribution >= 0.6 is 11.6 Å². The summed E-state index contributed by atoms with van der Waals surface area (Å²) in [6.45, 7) is 2.66. The first-order chi connectivity index (χ1) is 9.15. The quantitative estimate of drug-likeness (QED) is 0.688. The Morgan fingerprint density at radius 1 is 1.37 bits per heavy atom. The molecule has 0 saturated carbocycles. The maximum Gasteiger partial charge on any atom is 0.230 e. The van der Waals surface area contributed by atoms with Crippen molar-refractivity contribution in [3.05, 3.63) is 53.6 Å². The van der Waals surface area contributed by atoms with Crippen molar-refractivity contribution in [3.8, 4) is 0 Å². The highest BCUT2D eigenvalue weighted by Crippen LogP contribution is 2.17. The number of hydrogen-bond donors (Lipinski definition) is 1. The molecule has 1 N–H and O–H groups in total. The number of pyridine rings is 2. The lowest BCUT2D eigenvalue weighted by atomic mass is 10.3. The van der Waals surface area contributed by atoms with Gasteiger partial charge in [-0.3, -0.25) is 4.79 Å². The maximum absolute atomic E-state index is 11.8. The van der Waals surface area contributed by atoms with Crippen molar-refractivity contribution in [2.45, 2.75) is 19.9 Å². The molecular formula is C14H15ClN3O+. The van der Waals surface area contributed by atoms with Gasteiger partial charge in [-0.1, -0.05) is 11.6 Å². The van der Waals surface area contributed by atoms with Crippen LogP contribution in [0.15, 0.2) is 42.9 Å². The van der Waals surface area contributed by atoms with Gasteiger partial charge in [-0.05, 0) is 24.6 Å². The zero-order valence-corrected chi connectivity index (χ0v) is 11.4. The molecule has 0 radical (unpaired) electrons. The topological polar surface area (TPSA) is 45.9 Å². The normalized spacial score (nSPS) is 10.2. The summed E-state index contributed by atoms with van der Waals surface area (Å²) in [6, 6.07) is 7.48. The lowest BCUT2D eigenvalue weighted by molar-refractivity contribution is -0.695. The van der Waals surface area contributed by atoms with E-state index in [0.717, 1.165) is 0 Å². The SMILES string of the molecule is Cc1cc[n+](CCC(=O)Nc2cccnc2Cl)cc1. The van der Waals surface area contributed by atoms with Crippen LogP contribution in [0, 0.1) is 6.92 Å². The Labute approximate surface area is 117 Å². The molecule has 0 spiro atoms. The van der Waals surface area contributed by atoms with Gasteiger partial charge in [-0.15, -0.1) is 0 Å². The molecular weight excluding hydrogens is 262 g/mol. The third-order valence-electron chi connectivity index (χ3n) is 2.69. The molecule has 0 unspecified atom stereocenters. The van der Waals surface area contributed by atoms with Crippen molar-refractivity contribution in [1.29, 1.82) is 0 Å². The molecule has 0 bridgehead atoms. The molecule has 0 aromatic carbocycles. The predicted octanol–water partition coefficient (Wildman–Crippen LogP) is 2.36. The number of anilines is 1. The van der Waals surface area contributed by atoms with Gasteiger partial charge in [-0.2, -0.15) is 0 Å². The zero-order chi connectivity index (χ0) is 13.7. The molecule has 4 nitrogen and oxygen atoms in total. The molecule has 2 rings (SSSR count). The van der Waals surface area contributed by atoms with Crippen LogP contribution < -0.4 is 9.88 Å². The van der Waals surface area contributed by atoms with Gasteiger partial charge in [0.1, 0.15) is 0 Å². The second kappa shape index (κ2) is 6.29. The van der Waals surface area contributed by atoms with Gasteiger partial charge in [0, 0.05) is 18.3 Å². The van der Waals surface area contributed by atoms with Gasteiger partial charge >= 0.3 is 0 Å². The molecule has 98 valence electrons. The standard InChI is InChI=1S/C14H14ClN3O/c1-11-4-8-18(9-5-11)10-6-13(19)17-12-3-2-7-16-14(12)15/h2-5,7-9H,6,10H2,1H3/p+1. The van der Waals surface area contributed by atoms with E-state index >= 15 is 0 Å². The first-order valence-electron chi connectivity index (χ1n) is 6.01. The Kier molecular flexibility index (Phi) is 4.47. The smallest absolute Gasteiger partial charge is 0.230 e. The molecule has 2 aromatic rings. The second-order valence-corrected chi connectivity index (χ2v) is 4.61. The fourth-order valence-corrected chi connectivity index (χ4v) is 1.77. The lowest BCUT2D eigenvalue weighted by Gasteiger charge is -2.04. The molecule has 0 fully saturated rings. The number of carbonyl (C=O) groups excluding carboxylic acids is 1. The number of hydrogen-bond acceptors (Lipinski definition) is 2. The first kappa shape index (κ1) is 13.5. The van der Waals surface area contributed by atoms with E-state index in [1.807, 2.05) is 36.0 Å². The average molecular weight is 277 g/mol. The van der Waals surface area contributed by atoms with Crippen LogP contribution in [0.1, 0.15) is 12.0 Å². The highest BCUT2D eigenvalue weighted by Gasteiger charge is 2.08. The van der Waals surface area contributed by atoms with Crippen molar-refractivity contribution < 1.29 is 9.36 Å². The average Bonchev–Trinajstić information content (AvgIpc) is 2.41. The van der Waals surface area contributed by atoms with Gasteiger partial charge in [0.15, 0.2) is 24.1 Å². The largest absolute Gasteiger partial charge is 0.323 e. The molecule has 0 atom stereocenters. The molecule has 0 aliphatic rings. The number of halogens is 1. The summed E-state index contributed by atoms with van der Waals surface area (Å²) in [4.78, 5) is 15.7. The number of aromatic nitrogens is 2. The van der Waals surface area contributed by atoms with Gasteiger partial charge in [0.05, 0.1) is 12.1 Å². The van der Waals surface area contributed by atoms with Crippen LogP contribution in [0.25, 0.3) is 0 Å². The van der Waals surface area contributed by atoms with Crippen LogP contribution in [0.2, 0.25) is 5.15 Å². The van der Waals surface area contributed by atoms with E-state index in [0.29, 0.717) is 23.8 Å². The van der Waals surface area contributed by atoms with Gasteiger partial charge in [-0.25, -0.2) is 9.55 Å². The summed E-state index contributed by atoms with van der Waals surface area (Å²) in [5.74, 6) is -0.0806. The Morgan fingerprint density at radius 2 is 2.11 bits per heavy atom. The Hall–Kier alpha value is -1.94. The van der Waals surface area contributed by atoms with E-state index in [9.17, 15) is 4.79 Å². The monoisotopic (exact) mass is 276 g/mol. The van der Waals surface area contributed by atoms with Crippen molar-refractivity contribution >= 4 is 23.2 Å². The van der Waals surface area contributed by atoms with E-state index in [1.54, 1.807) is 18.3 Å². The van der Waals surface area contributed by atoms with E-state index in [4.69, 9.17) is 11.6 Å². The number of nitrogens with zero attached hydrogens (tertiary/aromatic N) is 2. The predicted molar refractivity (Wildman–Crippen MR) is 73.9 cm³/mol. The number of carbonyl (C=O) groups is 1. The van der Waals surface area contributed by atoms with Gasteiger partial charge in [0.2, 0.25) is 5.91 Å². The van der Waals surface area contributed by atoms with Crippen LogP contribution in [0.5, 0.6) is 0 Å². The highest BCUT2D eigenvalue weighted by molar-refractivity contribution is 6.32. The van der Waals surface area contributed by atoms with Crippen LogP contribution in [0.4, 0.5) is 5.69 Å². The lowest BCUT2D eigenvalue weighted by Crippen LogP contribution is -2.34. The first-order valence-corrected chi connectivity index (χ1v) is 6.39. The summed E-state index contributed by atoms with van der Waals surface area (Å²) < 4.78 is 1.97. The van der Waals surface area contributed by atoms with Crippen LogP contribution in [0.3, 0.4) is 0 Å². The molecule has 5 heteroatoms. The second-order valence-electron chi connectivity index (χ2n) is 4.25. The van der Waals surface area contributed by atoms with Crippen molar-refractivity contribution in [1.82, 2.24) is 4.98 Å². The van der Waals surface area contributed by atoms with E-state index in [2.05, 4.69) is 10.3 Å².